The van der Waals surface area contributed by atoms with Gasteiger partial charge in [0.15, 0.2) is 0 Å². The van der Waals surface area contributed by atoms with Gasteiger partial charge in [-0.3, -0.25) is 10.1 Å². The number of benzene rings is 1. The maximum Gasteiger partial charge on any atom is 0.302 e. The summed E-state index contributed by atoms with van der Waals surface area (Å²) in [6.45, 7) is 9.62. The van der Waals surface area contributed by atoms with E-state index >= 15 is 0 Å². The molecule has 0 spiro atoms. The molecule has 3 N–H and O–H groups in total. The summed E-state index contributed by atoms with van der Waals surface area (Å²) in [6.07, 6.45) is 4.19. The molecule has 0 unspecified atom stereocenters. The third kappa shape index (κ3) is 5.51. The number of oxazole rings is 1. The molecule has 10 nitrogen and oxygen atoms in total. The Morgan fingerprint density at radius 2 is 1.82 bits per heavy atom. The van der Waals surface area contributed by atoms with Gasteiger partial charge in [-0.1, -0.05) is 17.7 Å². The highest BCUT2D eigenvalue weighted by atomic mass is 16.4. The number of carbonyl (C=O) groups excluding carboxylic acids is 1. The van der Waals surface area contributed by atoms with E-state index in [0.29, 0.717) is 23.6 Å². The average molecular weight is 466 g/mol. The first kappa shape index (κ1) is 23.6. The maximum atomic E-state index is 12.7. The summed E-state index contributed by atoms with van der Waals surface area (Å²) < 4.78 is 5.62. The Balaban J connectivity index is 1.43. The van der Waals surface area contributed by atoms with Crippen LogP contribution in [0.2, 0.25) is 0 Å². The third-order valence-electron chi connectivity index (χ3n) is 6.03. The zero-order valence-electron chi connectivity index (χ0n) is 20.1. The molecule has 1 fully saturated rings. The van der Waals surface area contributed by atoms with Gasteiger partial charge in [0.2, 0.25) is 17.7 Å². The van der Waals surface area contributed by atoms with Crippen LogP contribution in [0.1, 0.15) is 52.3 Å². The van der Waals surface area contributed by atoms with Crippen molar-refractivity contribution in [1.29, 1.82) is 0 Å². The standard InChI is InChI=1S/C24H31N7O3/c1-14-11-15(2)20(16(3)12-14)28-21(33)19-13-25-24(34-19)30-22-26-17(4)27-23(29-22)31-8-5-18(6-9-31)7-10-32/h11-13,18,32H,5-10H2,1-4H3,(H,28,33)(H,25,26,27,29,30). The Morgan fingerprint density at radius 3 is 2.50 bits per heavy atom. The number of hydrogen-bond acceptors (Lipinski definition) is 9. The lowest BCUT2D eigenvalue weighted by Gasteiger charge is -2.31. The molecule has 0 radical (unpaired) electrons. The highest BCUT2D eigenvalue weighted by molar-refractivity contribution is 6.03. The van der Waals surface area contributed by atoms with E-state index in [4.69, 9.17) is 9.52 Å². The summed E-state index contributed by atoms with van der Waals surface area (Å²) in [5, 5.41) is 15.0. The summed E-state index contributed by atoms with van der Waals surface area (Å²) in [4.78, 5) is 32.3. The number of rotatable bonds is 7. The second-order valence-corrected chi connectivity index (χ2v) is 8.83. The molecule has 3 aromatic rings. The Kier molecular flexibility index (Phi) is 7.06. The number of nitrogens with zero attached hydrogens (tertiary/aromatic N) is 5. The van der Waals surface area contributed by atoms with Gasteiger partial charge in [-0.05, 0) is 64.0 Å². The van der Waals surface area contributed by atoms with Gasteiger partial charge in [0.1, 0.15) is 5.82 Å². The molecule has 10 heteroatoms. The molecule has 0 bridgehead atoms. The van der Waals surface area contributed by atoms with Gasteiger partial charge >= 0.3 is 6.01 Å². The fraction of sp³-hybridized carbons (Fsp3) is 0.458. The second kappa shape index (κ2) is 10.2. The molecule has 0 atom stereocenters. The Hall–Kier alpha value is -3.53. The number of aliphatic hydroxyl groups is 1. The van der Waals surface area contributed by atoms with E-state index < -0.39 is 0 Å². The minimum Gasteiger partial charge on any atom is -0.418 e. The average Bonchev–Trinajstić information content (AvgIpc) is 3.25. The normalized spacial score (nSPS) is 14.3. The Bertz CT molecular complexity index is 1150. The van der Waals surface area contributed by atoms with Crippen molar-refractivity contribution in [3.05, 3.63) is 46.6 Å². The highest BCUT2D eigenvalue weighted by Crippen LogP contribution is 2.25. The molecule has 4 rings (SSSR count). The number of hydrogen-bond donors (Lipinski definition) is 3. The van der Waals surface area contributed by atoms with Crippen molar-refractivity contribution in [1.82, 2.24) is 19.9 Å². The topological polar surface area (TPSA) is 129 Å². The van der Waals surface area contributed by atoms with Crippen LogP contribution in [0.15, 0.2) is 22.7 Å². The van der Waals surface area contributed by atoms with E-state index in [1.54, 1.807) is 6.92 Å². The minimum absolute atomic E-state index is 0.0823. The van der Waals surface area contributed by atoms with Crippen LogP contribution >= 0.6 is 0 Å². The molecule has 0 saturated carbocycles. The molecule has 2 aromatic heterocycles. The summed E-state index contributed by atoms with van der Waals surface area (Å²) in [5.41, 5.74) is 3.87. The van der Waals surface area contributed by atoms with Crippen molar-refractivity contribution in [2.24, 2.45) is 5.92 Å². The SMILES string of the molecule is Cc1cc(C)c(NC(=O)c2cnc(Nc3nc(C)nc(N4CCC(CCO)CC4)n3)o2)c(C)c1. The lowest BCUT2D eigenvalue weighted by Crippen LogP contribution is -2.35. The van der Waals surface area contributed by atoms with E-state index in [2.05, 4.69) is 35.5 Å². The number of aryl methyl sites for hydroxylation is 4. The maximum absolute atomic E-state index is 12.7. The molecule has 34 heavy (non-hydrogen) atoms. The van der Waals surface area contributed by atoms with E-state index in [9.17, 15) is 4.79 Å². The quantitative estimate of drug-likeness (QED) is 0.478. The Morgan fingerprint density at radius 1 is 1.12 bits per heavy atom. The van der Waals surface area contributed by atoms with Crippen LogP contribution in [0.3, 0.4) is 0 Å². The number of carbonyl (C=O) groups is 1. The van der Waals surface area contributed by atoms with Crippen molar-refractivity contribution in [3.63, 3.8) is 0 Å². The first-order valence-electron chi connectivity index (χ1n) is 11.5. The zero-order chi connectivity index (χ0) is 24.2. The largest absolute Gasteiger partial charge is 0.418 e. The Labute approximate surface area is 198 Å². The number of anilines is 4. The smallest absolute Gasteiger partial charge is 0.302 e. The summed E-state index contributed by atoms with van der Waals surface area (Å²) in [7, 11) is 0. The number of amides is 1. The predicted molar refractivity (Wildman–Crippen MR) is 130 cm³/mol. The first-order chi connectivity index (χ1) is 16.3. The molecular weight excluding hydrogens is 434 g/mol. The molecule has 1 saturated heterocycles. The van der Waals surface area contributed by atoms with Gasteiger partial charge in [0.25, 0.3) is 5.91 Å². The van der Waals surface area contributed by atoms with E-state index in [1.807, 2.05) is 32.9 Å². The van der Waals surface area contributed by atoms with E-state index in [-0.39, 0.29) is 24.3 Å². The summed E-state index contributed by atoms with van der Waals surface area (Å²) in [6, 6.07) is 4.16. The monoisotopic (exact) mass is 465 g/mol. The van der Waals surface area contributed by atoms with Crippen LogP contribution in [0.25, 0.3) is 0 Å². The third-order valence-corrected chi connectivity index (χ3v) is 6.03. The van der Waals surface area contributed by atoms with Crippen molar-refractivity contribution < 1.29 is 14.3 Å². The van der Waals surface area contributed by atoms with Gasteiger partial charge in [-0.2, -0.15) is 15.0 Å². The van der Waals surface area contributed by atoms with Crippen LogP contribution in [0.5, 0.6) is 0 Å². The molecular formula is C24H31N7O3. The molecule has 1 amide bonds. The van der Waals surface area contributed by atoms with Crippen molar-refractivity contribution >= 4 is 29.5 Å². The molecule has 180 valence electrons. The van der Waals surface area contributed by atoms with Crippen LogP contribution < -0.4 is 15.5 Å². The lowest BCUT2D eigenvalue weighted by atomic mass is 9.94. The van der Waals surface area contributed by atoms with E-state index in [0.717, 1.165) is 54.7 Å². The molecule has 0 aliphatic carbocycles. The van der Waals surface area contributed by atoms with Crippen LogP contribution in [-0.2, 0) is 0 Å². The summed E-state index contributed by atoms with van der Waals surface area (Å²) >= 11 is 0. The van der Waals surface area contributed by atoms with Crippen LogP contribution in [0.4, 0.5) is 23.6 Å². The molecule has 1 aromatic carbocycles. The van der Waals surface area contributed by atoms with Gasteiger partial charge in [-0.25, -0.2) is 4.98 Å². The van der Waals surface area contributed by atoms with Gasteiger partial charge < -0.3 is 19.7 Å². The minimum atomic E-state index is -0.381. The van der Waals surface area contributed by atoms with Gasteiger partial charge in [-0.15, -0.1) is 0 Å². The van der Waals surface area contributed by atoms with Gasteiger partial charge in [0.05, 0.1) is 6.20 Å². The fourth-order valence-corrected chi connectivity index (χ4v) is 4.35. The predicted octanol–water partition coefficient (Wildman–Crippen LogP) is 3.69. The number of piperidine rings is 1. The van der Waals surface area contributed by atoms with Crippen LogP contribution in [-0.4, -0.2) is 50.6 Å². The fourth-order valence-electron chi connectivity index (χ4n) is 4.35. The summed E-state index contributed by atoms with van der Waals surface area (Å²) in [5.74, 6) is 1.70. The van der Waals surface area contributed by atoms with Crippen molar-refractivity contribution in [2.75, 3.05) is 35.2 Å². The molecule has 3 heterocycles. The van der Waals surface area contributed by atoms with Gasteiger partial charge in [0, 0.05) is 25.4 Å². The lowest BCUT2D eigenvalue weighted by molar-refractivity contribution is 0.0997. The molecule has 1 aliphatic rings. The van der Waals surface area contributed by atoms with Crippen LogP contribution in [0, 0.1) is 33.6 Å². The zero-order valence-corrected chi connectivity index (χ0v) is 20.1. The number of aromatic nitrogens is 4. The highest BCUT2D eigenvalue weighted by Gasteiger charge is 2.22. The number of aliphatic hydroxyl groups excluding tert-OH is 1. The van der Waals surface area contributed by atoms with E-state index in [1.165, 1.54) is 6.20 Å². The number of nitrogens with one attached hydrogen (secondary N) is 2. The van der Waals surface area contributed by atoms with Crippen molar-refractivity contribution in [3.8, 4) is 0 Å². The molecule has 1 aliphatic heterocycles. The second-order valence-electron chi connectivity index (χ2n) is 8.83. The first-order valence-corrected chi connectivity index (χ1v) is 11.5. The van der Waals surface area contributed by atoms with Crippen molar-refractivity contribution in [2.45, 2.75) is 47.0 Å².